The lowest BCUT2D eigenvalue weighted by atomic mass is 10.2. The van der Waals surface area contributed by atoms with E-state index < -0.39 is 0 Å². The van der Waals surface area contributed by atoms with E-state index in [1.54, 1.807) is 19.4 Å². The van der Waals surface area contributed by atoms with Crippen LogP contribution in [-0.2, 0) is 0 Å². The van der Waals surface area contributed by atoms with Crippen LogP contribution in [0.3, 0.4) is 0 Å². The van der Waals surface area contributed by atoms with Crippen molar-refractivity contribution in [2.75, 3.05) is 12.8 Å². The molecule has 0 spiro atoms. The van der Waals surface area contributed by atoms with Crippen LogP contribution in [0.5, 0.6) is 5.88 Å². The number of hydrogen-bond donors (Lipinski definition) is 1. The van der Waals surface area contributed by atoms with Crippen LogP contribution in [0.4, 0.5) is 5.69 Å². The van der Waals surface area contributed by atoms with Gasteiger partial charge in [-0.25, -0.2) is 15.0 Å². The van der Waals surface area contributed by atoms with Gasteiger partial charge in [0.1, 0.15) is 18.0 Å². The van der Waals surface area contributed by atoms with Crippen molar-refractivity contribution in [1.82, 2.24) is 19.5 Å². The third-order valence-corrected chi connectivity index (χ3v) is 2.89. The second-order valence-corrected chi connectivity index (χ2v) is 4.16. The number of anilines is 1. The van der Waals surface area contributed by atoms with Crippen LogP contribution in [0.2, 0.25) is 0 Å². The minimum atomic E-state index is 0.506. The van der Waals surface area contributed by atoms with Crippen LogP contribution in [-0.4, -0.2) is 26.6 Å². The molecule has 2 N–H and O–H groups in total. The molecule has 2 aromatic heterocycles. The van der Waals surface area contributed by atoms with Gasteiger partial charge in [0.15, 0.2) is 0 Å². The Morgan fingerprint density at radius 3 is 2.65 bits per heavy atom. The molecule has 0 aliphatic carbocycles. The summed E-state index contributed by atoms with van der Waals surface area (Å²) in [6, 6.07) is 9.28. The Morgan fingerprint density at radius 1 is 1.10 bits per heavy atom. The van der Waals surface area contributed by atoms with E-state index in [4.69, 9.17) is 10.5 Å². The molecular formula is C14H13N5O. The molecule has 0 saturated carbocycles. The van der Waals surface area contributed by atoms with E-state index in [0.717, 1.165) is 17.1 Å². The Balaban J connectivity index is 2.07. The summed E-state index contributed by atoms with van der Waals surface area (Å²) in [6.45, 7) is 0. The predicted octanol–water partition coefficient (Wildman–Crippen LogP) is 1.92. The lowest BCUT2D eigenvalue weighted by Gasteiger charge is -2.08. The minimum absolute atomic E-state index is 0.506. The Kier molecular flexibility index (Phi) is 3.04. The number of imidazole rings is 1. The van der Waals surface area contributed by atoms with Crippen molar-refractivity contribution in [1.29, 1.82) is 0 Å². The maximum absolute atomic E-state index is 5.70. The zero-order chi connectivity index (χ0) is 13.9. The average molecular weight is 267 g/mol. The zero-order valence-corrected chi connectivity index (χ0v) is 10.9. The molecule has 100 valence electrons. The molecule has 20 heavy (non-hydrogen) atoms. The van der Waals surface area contributed by atoms with Gasteiger partial charge in [0.05, 0.1) is 7.11 Å². The number of hydrogen-bond acceptors (Lipinski definition) is 5. The summed E-state index contributed by atoms with van der Waals surface area (Å²) in [5, 5.41) is 0. The van der Waals surface area contributed by atoms with Crippen LogP contribution in [0, 0.1) is 0 Å². The van der Waals surface area contributed by atoms with Gasteiger partial charge >= 0.3 is 0 Å². The van der Waals surface area contributed by atoms with Crippen LogP contribution < -0.4 is 10.5 Å². The topological polar surface area (TPSA) is 78.9 Å². The lowest BCUT2D eigenvalue weighted by Crippen LogP contribution is -2.01. The number of nitrogens with two attached hydrogens (primary N) is 1. The van der Waals surface area contributed by atoms with Crippen molar-refractivity contribution in [2.45, 2.75) is 0 Å². The number of ether oxygens (including phenoxy) is 1. The highest BCUT2D eigenvalue weighted by Crippen LogP contribution is 2.22. The van der Waals surface area contributed by atoms with Crippen molar-refractivity contribution in [3.8, 4) is 23.1 Å². The molecule has 3 rings (SSSR count). The van der Waals surface area contributed by atoms with E-state index in [2.05, 4.69) is 15.0 Å². The molecule has 0 aliphatic rings. The summed E-state index contributed by atoms with van der Waals surface area (Å²) in [7, 11) is 1.57. The van der Waals surface area contributed by atoms with Crippen LogP contribution >= 0.6 is 0 Å². The van der Waals surface area contributed by atoms with E-state index in [9.17, 15) is 0 Å². The standard InChI is InChI=1S/C14H13N5O/c1-20-13-8-12(17-9-18-13)19-7-6-16-14(19)10-2-4-11(15)5-3-10/h2-9H,15H2,1H3. The van der Waals surface area contributed by atoms with Gasteiger partial charge in [0.2, 0.25) is 5.88 Å². The van der Waals surface area contributed by atoms with Gasteiger partial charge in [-0.05, 0) is 24.3 Å². The SMILES string of the molecule is COc1cc(-n2ccnc2-c2ccc(N)cc2)ncn1. The number of aromatic nitrogens is 4. The minimum Gasteiger partial charge on any atom is -0.481 e. The highest BCUT2D eigenvalue weighted by Gasteiger charge is 2.09. The first-order valence-corrected chi connectivity index (χ1v) is 6.03. The third-order valence-electron chi connectivity index (χ3n) is 2.89. The quantitative estimate of drug-likeness (QED) is 0.733. The molecule has 0 fully saturated rings. The first-order valence-electron chi connectivity index (χ1n) is 6.03. The van der Waals surface area contributed by atoms with Crippen LogP contribution in [0.1, 0.15) is 0 Å². The van der Waals surface area contributed by atoms with Crippen molar-refractivity contribution < 1.29 is 4.74 Å². The van der Waals surface area contributed by atoms with Crippen molar-refractivity contribution in [3.63, 3.8) is 0 Å². The molecule has 3 aromatic rings. The summed E-state index contributed by atoms with van der Waals surface area (Å²) in [4.78, 5) is 12.6. The molecule has 6 nitrogen and oxygen atoms in total. The Bertz CT molecular complexity index is 720. The summed E-state index contributed by atoms with van der Waals surface area (Å²) < 4.78 is 6.98. The number of benzene rings is 1. The molecule has 1 aromatic carbocycles. The Morgan fingerprint density at radius 2 is 1.90 bits per heavy atom. The average Bonchev–Trinajstić information content (AvgIpc) is 2.97. The van der Waals surface area contributed by atoms with Crippen molar-refractivity contribution >= 4 is 5.69 Å². The highest BCUT2D eigenvalue weighted by molar-refractivity contribution is 5.61. The van der Waals surface area contributed by atoms with Gasteiger partial charge in [-0.2, -0.15) is 0 Å². The molecule has 0 radical (unpaired) electrons. The Hall–Kier alpha value is -2.89. The molecule has 0 atom stereocenters. The molecule has 2 heterocycles. The second kappa shape index (κ2) is 5.00. The van der Waals surface area contributed by atoms with E-state index in [1.165, 1.54) is 6.33 Å². The first-order chi connectivity index (χ1) is 9.78. The van der Waals surface area contributed by atoms with Crippen LogP contribution in [0.15, 0.2) is 49.1 Å². The molecule has 0 saturated heterocycles. The fraction of sp³-hybridized carbons (Fsp3) is 0.0714. The van der Waals surface area contributed by atoms with E-state index in [-0.39, 0.29) is 0 Å². The third kappa shape index (κ3) is 2.18. The van der Waals surface area contributed by atoms with Gasteiger partial charge in [0, 0.05) is 29.7 Å². The largest absolute Gasteiger partial charge is 0.481 e. The number of nitrogens with zero attached hydrogens (tertiary/aromatic N) is 4. The monoisotopic (exact) mass is 267 g/mol. The second-order valence-electron chi connectivity index (χ2n) is 4.16. The number of nitrogen functional groups attached to an aromatic ring is 1. The first kappa shape index (κ1) is 12.2. The summed E-state index contributed by atoms with van der Waals surface area (Å²) in [6.07, 6.45) is 5.02. The van der Waals surface area contributed by atoms with Gasteiger partial charge in [-0.3, -0.25) is 4.57 Å². The normalized spacial score (nSPS) is 10.4. The molecule has 0 amide bonds. The summed E-state index contributed by atoms with van der Waals surface area (Å²) in [5.74, 6) is 1.99. The highest BCUT2D eigenvalue weighted by atomic mass is 16.5. The molecule has 6 heteroatoms. The molecule has 0 aliphatic heterocycles. The lowest BCUT2D eigenvalue weighted by molar-refractivity contribution is 0.396. The van der Waals surface area contributed by atoms with Crippen LogP contribution in [0.25, 0.3) is 17.2 Å². The van der Waals surface area contributed by atoms with Crippen molar-refractivity contribution in [2.24, 2.45) is 0 Å². The molecule has 0 bridgehead atoms. The number of methoxy groups -OCH3 is 1. The number of rotatable bonds is 3. The van der Waals surface area contributed by atoms with E-state index in [0.29, 0.717) is 11.7 Å². The maximum atomic E-state index is 5.70. The maximum Gasteiger partial charge on any atom is 0.218 e. The van der Waals surface area contributed by atoms with Gasteiger partial charge in [-0.15, -0.1) is 0 Å². The summed E-state index contributed by atoms with van der Waals surface area (Å²) >= 11 is 0. The summed E-state index contributed by atoms with van der Waals surface area (Å²) in [5.41, 5.74) is 7.38. The predicted molar refractivity (Wildman–Crippen MR) is 75.6 cm³/mol. The van der Waals surface area contributed by atoms with E-state index >= 15 is 0 Å². The molecular weight excluding hydrogens is 254 g/mol. The van der Waals surface area contributed by atoms with Gasteiger partial charge in [0.25, 0.3) is 0 Å². The fourth-order valence-electron chi connectivity index (χ4n) is 1.91. The molecule has 0 unspecified atom stereocenters. The zero-order valence-electron chi connectivity index (χ0n) is 10.9. The smallest absolute Gasteiger partial charge is 0.218 e. The Labute approximate surface area is 115 Å². The van der Waals surface area contributed by atoms with Gasteiger partial charge < -0.3 is 10.5 Å². The fourth-order valence-corrected chi connectivity index (χ4v) is 1.91. The van der Waals surface area contributed by atoms with Gasteiger partial charge in [-0.1, -0.05) is 0 Å². The van der Waals surface area contributed by atoms with E-state index in [1.807, 2.05) is 35.0 Å². The van der Waals surface area contributed by atoms with Crippen molar-refractivity contribution in [3.05, 3.63) is 49.1 Å².